The summed E-state index contributed by atoms with van der Waals surface area (Å²) in [4.78, 5) is 30.0. The third kappa shape index (κ3) is 8.74. The highest BCUT2D eigenvalue weighted by Crippen LogP contribution is 2.29. The number of hydrogen-bond acceptors (Lipinski definition) is 4. The molecule has 2 amide bonds. The maximum Gasteiger partial charge on any atom is 0.264 e. The van der Waals surface area contributed by atoms with Gasteiger partial charge in [0, 0.05) is 24.5 Å². The summed E-state index contributed by atoms with van der Waals surface area (Å²) in [6.45, 7) is 7.75. The predicted octanol–water partition coefficient (Wildman–Crippen LogP) is 6.56. The number of aryl methyl sites for hydroxylation is 1. The molecule has 1 atom stereocenters. The molecule has 4 aromatic rings. The largest absolute Gasteiger partial charge is 0.354 e. The van der Waals surface area contributed by atoms with E-state index in [9.17, 15) is 18.0 Å². The summed E-state index contributed by atoms with van der Waals surface area (Å²) < 4.78 is 29.5. The molecular weight excluding hydrogens is 606 g/mol. The van der Waals surface area contributed by atoms with Crippen LogP contribution < -0.4 is 9.62 Å². The molecule has 45 heavy (non-hydrogen) atoms. The van der Waals surface area contributed by atoms with E-state index in [4.69, 9.17) is 11.6 Å². The Morgan fingerprint density at radius 1 is 0.800 bits per heavy atom. The van der Waals surface area contributed by atoms with Gasteiger partial charge in [-0.1, -0.05) is 98.2 Å². The van der Waals surface area contributed by atoms with E-state index >= 15 is 0 Å². The van der Waals surface area contributed by atoms with E-state index in [0.717, 1.165) is 26.6 Å². The number of carbonyl (C=O) groups is 2. The van der Waals surface area contributed by atoms with Gasteiger partial charge < -0.3 is 10.2 Å². The summed E-state index contributed by atoms with van der Waals surface area (Å²) >= 11 is 6.16. The number of benzene rings is 4. The lowest BCUT2D eigenvalue weighted by Crippen LogP contribution is -2.53. The number of amides is 2. The van der Waals surface area contributed by atoms with Crippen molar-refractivity contribution in [3.05, 3.63) is 130 Å². The minimum absolute atomic E-state index is 0.0680. The summed E-state index contributed by atoms with van der Waals surface area (Å²) in [5.41, 5.74) is 3.67. The zero-order chi connectivity index (χ0) is 32.6. The van der Waals surface area contributed by atoms with Crippen LogP contribution in [-0.2, 0) is 32.6 Å². The first-order valence-electron chi connectivity index (χ1n) is 15.0. The molecule has 0 spiro atoms. The molecule has 0 unspecified atom stereocenters. The van der Waals surface area contributed by atoms with E-state index in [-0.39, 0.29) is 29.7 Å². The lowest BCUT2D eigenvalue weighted by atomic mass is 10.0. The number of anilines is 1. The summed E-state index contributed by atoms with van der Waals surface area (Å²) in [5, 5.41) is 3.55. The maximum atomic E-state index is 14.6. The molecule has 4 rings (SSSR count). The average Bonchev–Trinajstić information content (AvgIpc) is 3.03. The fourth-order valence-electron chi connectivity index (χ4n) is 5.00. The van der Waals surface area contributed by atoms with Gasteiger partial charge in [-0.2, -0.15) is 0 Å². The second kappa shape index (κ2) is 15.2. The van der Waals surface area contributed by atoms with Gasteiger partial charge >= 0.3 is 0 Å². The molecule has 4 aromatic carbocycles. The van der Waals surface area contributed by atoms with Crippen molar-refractivity contribution in [1.29, 1.82) is 0 Å². The van der Waals surface area contributed by atoms with E-state index in [1.54, 1.807) is 54.6 Å². The van der Waals surface area contributed by atoms with Crippen molar-refractivity contribution >= 4 is 39.1 Å². The van der Waals surface area contributed by atoms with Gasteiger partial charge in [-0.05, 0) is 72.4 Å². The molecule has 0 aliphatic heterocycles. The molecule has 0 heterocycles. The highest BCUT2D eigenvalue weighted by molar-refractivity contribution is 7.92. The number of halogens is 1. The number of nitrogens with zero attached hydrogens (tertiary/aromatic N) is 2. The molecule has 0 radical (unpaired) electrons. The Morgan fingerprint density at radius 3 is 2.04 bits per heavy atom. The molecule has 0 saturated carbocycles. The van der Waals surface area contributed by atoms with Crippen molar-refractivity contribution in [3.63, 3.8) is 0 Å². The molecule has 0 saturated heterocycles. The molecule has 0 fully saturated rings. The number of rotatable bonds is 13. The van der Waals surface area contributed by atoms with Gasteiger partial charge in [-0.25, -0.2) is 8.42 Å². The molecule has 0 aliphatic carbocycles. The first kappa shape index (κ1) is 33.7. The van der Waals surface area contributed by atoms with E-state index in [0.29, 0.717) is 17.3 Å². The fourth-order valence-corrected chi connectivity index (χ4v) is 6.62. The van der Waals surface area contributed by atoms with Crippen molar-refractivity contribution in [1.82, 2.24) is 10.2 Å². The third-order valence-electron chi connectivity index (χ3n) is 7.68. The van der Waals surface area contributed by atoms with Crippen molar-refractivity contribution in [2.75, 3.05) is 17.4 Å². The maximum absolute atomic E-state index is 14.6. The van der Waals surface area contributed by atoms with Crippen molar-refractivity contribution in [2.24, 2.45) is 5.92 Å². The van der Waals surface area contributed by atoms with Gasteiger partial charge in [0.05, 0.1) is 10.6 Å². The van der Waals surface area contributed by atoms with Crippen LogP contribution in [0.2, 0.25) is 5.02 Å². The van der Waals surface area contributed by atoms with Crippen LogP contribution in [0.3, 0.4) is 0 Å². The molecule has 0 aromatic heterocycles. The third-order valence-corrected chi connectivity index (χ3v) is 9.70. The van der Waals surface area contributed by atoms with Crippen LogP contribution in [0.4, 0.5) is 5.69 Å². The molecule has 0 aliphatic rings. The van der Waals surface area contributed by atoms with Gasteiger partial charge in [-0.15, -0.1) is 0 Å². The normalized spacial score (nSPS) is 12.0. The minimum atomic E-state index is -4.16. The van der Waals surface area contributed by atoms with Gasteiger partial charge in [0.15, 0.2) is 0 Å². The predicted molar refractivity (Wildman–Crippen MR) is 181 cm³/mol. The summed E-state index contributed by atoms with van der Waals surface area (Å²) in [6, 6.07) is 29.1. The van der Waals surface area contributed by atoms with Crippen LogP contribution in [0.5, 0.6) is 0 Å². The Labute approximate surface area is 271 Å². The molecule has 1 N–H and O–H groups in total. The number of sulfonamides is 1. The molecule has 9 heteroatoms. The first-order valence-corrected chi connectivity index (χ1v) is 16.8. The standard InChI is InChI=1S/C36H40ClN3O4S/c1-26(2)23-38-36(42)34(22-29-13-7-5-8-14-29)39(24-30-18-20-31(37)21-19-30)35(41)25-40(33-17-11-12-27(3)28(33)4)45(43,44)32-15-9-6-10-16-32/h5-21,26,34H,22-25H2,1-4H3,(H,38,42)/t34-/m0/s1. The fraction of sp³-hybridized carbons (Fsp3) is 0.278. The summed E-state index contributed by atoms with van der Waals surface area (Å²) in [5.74, 6) is -0.618. The number of carbonyl (C=O) groups excluding carboxylic acids is 2. The van der Waals surface area contributed by atoms with Crippen LogP contribution in [0, 0.1) is 19.8 Å². The number of nitrogens with one attached hydrogen (secondary N) is 1. The Bertz CT molecular complexity index is 1700. The van der Waals surface area contributed by atoms with Crippen molar-refractivity contribution in [3.8, 4) is 0 Å². The van der Waals surface area contributed by atoms with Crippen LogP contribution in [-0.4, -0.2) is 44.3 Å². The van der Waals surface area contributed by atoms with E-state index < -0.39 is 28.5 Å². The smallest absolute Gasteiger partial charge is 0.264 e. The van der Waals surface area contributed by atoms with Gasteiger partial charge in [0.1, 0.15) is 12.6 Å². The zero-order valence-electron chi connectivity index (χ0n) is 26.1. The van der Waals surface area contributed by atoms with Gasteiger partial charge in [0.25, 0.3) is 10.0 Å². The SMILES string of the molecule is Cc1cccc(N(CC(=O)N(Cc2ccc(Cl)cc2)[C@@H](Cc2ccccc2)C(=O)NCC(C)C)S(=O)(=O)c2ccccc2)c1C. The zero-order valence-corrected chi connectivity index (χ0v) is 27.7. The van der Waals surface area contributed by atoms with E-state index in [1.165, 1.54) is 17.0 Å². The van der Waals surface area contributed by atoms with Crippen LogP contribution >= 0.6 is 11.6 Å². The quantitative estimate of drug-likeness (QED) is 0.178. The van der Waals surface area contributed by atoms with Crippen LogP contribution in [0.1, 0.15) is 36.1 Å². The average molecular weight is 646 g/mol. The summed E-state index contributed by atoms with van der Waals surface area (Å²) in [6.07, 6.45) is 0.249. The second-order valence-corrected chi connectivity index (χ2v) is 13.8. The minimum Gasteiger partial charge on any atom is -0.354 e. The molecule has 236 valence electrons. The second-order valence-electron chi connectivity index (χ2n) is 11.5. The Morgan fingerprint density at radius 2 is 1.42 bits per heavy atom. The summed E-state index contributed by atoms with van der Waals surface area (Å²) in [7, 11) is -4.16. The van der Waals surface area contributed by atoms with Crippen LogP contribution in [0.15, 0.2) is 108 Å². The molecular formula is C36H40ClN3O4S. The van der Waals surface area contributed by atoms with Crippen molar-refractivity contribution in [2.45, 2.75) is 51.6 Å². The lowest BCUT2D eigenvalue weighted by molar-refractivity contribution is -0.140. The van der Waals surface area contributed by atoms with Crippen molar-refractivity contribution < 1.29 is 18.0 Å². The Hall–Kier alpha value is -4.14. The van der Waals surface area contributed by atoms with Gasteiger partial charge in [0.2, 0.25) is 11.8 Å². The van der Waals surface area contributed by atoms with Gasteiger partial charge in [-0.3, -0.25) is 13.9 Å². The monoisotopic (exact) mass is 645 g/mol. The molecule has 0 bridgehead atoms. The Balaban J connectivity index is 1.82. The van der Waals surface area contributed by atoms with E-state index in [2.05, 4.69) is 5.32 Å². The topological polar surface area (TPSA) is 86.8 Å². The Kier molecular flexibility index (Phi) is 11.4. The number of hydrogen-bond donors (Lipinski definition) is 1. The highest BCUT2D eigenvalue weighted by atomic mass is 35.5. The van der Waals surface area contributed by atoms with Crippen LogP contribution in [0.25, 0.3) is 0 Å². The molecule has 7 nitrogen and oxygen atoms in total. The van der Waals surface area contributed by atoms with E-state index in [1.807, 2.05) is 64.1 Å². The lowest BCUT2D eigenvalue weighted by Gasteiger charge is -2.34. The first-order chi connectivity index (χ1) is 21.5. The highest BCUT2D eigenvalue weighted by Gasteiger charge is 2.35.